The lowest BCUT2D eigenvalue weighted by Gasteiger charge is -2.39. The Bertz CT molecular complexity index is 962. The summed E-state index contributed by atoms with van der Waals surface area (Å²) in [6.07, 6.45) is 5.01. The average Bonchev–Trinajstić information content (AvgIpc) is 3.52. The summed E-state index contributed by atoms with van der Waals surface area (Å²) in [4.78, 5) is 59.6. The first-order chi connectivity index (χ1) is 22.2. The molecule has 1 saturated heterocycles. The van der Waals surface area contributed by atoms with Crippen LogP contribution in [0.15, 0.2) is 0 Å². The van der Waals surface area contributed by atoms with Crippen LogP contribution in [0, 0.1) is 23.7 Å². The summed E-state index contributed by atoms with van der Waals surface area (Å²) in [5, 5.41) is 2.86. The van der Waals surface area contributed by atoms with Gasteiger partial charge in [-0.25, -0.2) is 0 Å². The van der Waals surface area contributed by atoms with Crippen LogP contribution in [0.5, 0.6) is 0 Å². The van der Waals surface area contributed by atoms with E-state index in [1.807, 2.05) is 32.6 Å². The number of nitrogens with zero attached hydrogens (tertiary/aromatic N) is 3. The van der Waals surface area contributed by atoms with Crippen molar-refractivity contribution in [3.63, 3.8) is 0 Å². The smallest absolute Gasteiger partial charge is 0.243 e. The second-order valence-corrected chi connectivity index (χ2v) is 14.1. The van der Waals surface area contributed by atoms with Gasteiger partial charge in [0.05, 0.1) is 37.3 Å². The van der Waals surface area contributed by atoms with Gasteiger partial charge >= 0.3 is 0 Å². The first-order valence-corrected chi connectivity index (χ1v) is 18.1. The number of nitrogens with two attached hydrogens (primary N) is 1. The summed E-state index contributed by atoms with van der Waals surface area (Å²) >= 11 is 0. The van der Waals surface area contributed by atoms with Gasteiger partial charge < -0.3 is 35.2 Å². The van der Waals surface area contributed by atoms with Gasteiger partial charge in [-0.15, -0.1) is 0 Å². The van der Waals surface area contributed by atoms with Crippen LogP contribution < -0.4 is 11.1 Å². The minimum absolute atomic E-state index is 0.00220. The van der Waals surface area contributed by atoms with E-state index in [9.17, 15) is 19.2 Å². The molecule has 0 aromatic carbocycles. The summed E-state index contributed by atoms with van der Waals surface area (Å²) in [5.41, 5.74) is 5.61. The minimum atomic E-state index is -0.690. The number of likely N-dealkylation sites (N-methyl/N-ethyl adjacent to an activating group) is 2. The van der Waals surface area contributed by atoms with Crippen LogP contribution >= 0.6 is 0 Å². The molecular weight excluding hydrogens is 598 g/mol. The highest BCUT2D eigenvalue weighted by atomic mass is 16.5. The van der Waals surface area contributed by atoms with E-state index in [-0.39, 0.29) is 78.5 Å². The fourth-order valence-corrected chi connectivity index (χ4v) is 7.05. The van der Waals surface area contributed by atoms with E-state index in [1.165, 1.54) is 0 Å². The molecular formula is C36H69N5O6. The molecule has 1 rings (SSSR count). The molecule has 1 heterocycles. The number of rotatable bonds is 22. The van der Waals surface area contributed by atoms with Crippen LogP contribution in [0.25, 0.3) is 0 Å². The molecule has 0 aromatic rings. The molecule has 47 heavy (non-hydrogen) atoms. The number of ether oxygens (including phenoxy) is 2. The number of hydrogen-bond donors (Lipinski definition) is 2. The van der Waals surface area contributed by atoms with Crippen molar-refractivity contribution >= 4 is 23.6 Å². The van der Waals surface area contributed by atoms with Gasteiger partial charge in [0.2, 0.25) is 23.6 Å². The SMILES string of the molecule is CCC(C)C(C(CC(=O)N1CCCC1C(OC)C(C)C)OC)N(C)C(=O)CNC(=O)C(C(C)C(C)C)N(CC)C(=O)CCCCCN. The number of hydrogen-bond acceptors (Lipinski definition) is 7. The average molecular weight is 668 g/mol. The molecule has 11 heteroatoms. The Labute approximate surface area is 286 Å². The van der Waals surface area contributed by atoms with Crippen LogP contribution in [-0.2, 0) is 28.7 Å². The molecule has 0 saturated carbocycles. The van der Waals surface area contributed by atoms with Crippen molar-refractivity contribution in [3.05, 3.63) is 0 Å². The van der Waals surface area contributed by atoms with Gasteiger partial charge in [-0.3, -0.25) is 19.2 Å². The van der Waals surface area contributed by atoms with Gasteiger partial charge in [-0.1, -0.05) is 61.3 Å². The maximum atomic E-state index is 13.7. The molecule has 0 aliphatic carbocycles. The van der Waals surface area contributed by atoms with Crippen LogP contribution in [-0.4, -0.2) is 116 Å². The highest BCUT2D eigenvalue weighted by Crippen LogP contribution is 2.29. The monoisotopic (exact) mass is 668 g/mol. The number of methoxy groups -OCH3 is 2. The Morgan fingerprint density at radius 2 is 1.60 bits per heavy atom. The van der Waals surface area contributed by atoms with Crippen LogP contribution in [0.2, 0.25) is 0 Å². The Hall–Kier alpha value is -2.24. The minimum Gasteiger partial charge on any atom is -0.379 e. The third-order valence-corrected chi connectivity index (χ3v) is 10.4. The quantitative estimate of drug-likeness (QED) is 0.166. The zero-order chi connectivity index (χ0) is 35.8. The lowest BCUT2D eigenvalue weighted by molar-refractivity contribution is -0.146. The van der Waals surface area contributed by atoms with Crippen molar-refractivity contribution in [1.29, 1.82) is 0 Å². The van der Waals surface area contributed by atoms with Crippen molar-refractivity contribution in [2.45, 2.75) is 137 Å². The third kappa shape index (κ3) is 12.3. The lowest BCUT2D eigenvalue weighted by atomic mass is 9.88. The van der Waals surface area contributed by atoms with Crippen molar-refractivity contribution < 1.29 is 28.7 Å². The highest BCUT2D eigenvalue weighted by molar-refractivity contribution is 5.91. The van der Waals surface area contributed by atoms with Gasteiger partial charge in [0.15, 0.2) is 0 Å². The molecule has 1 fully saturated rings. The number of nitrogens with one attached hydrogen (secondary N) is 1. The van der Waals surface area contributed by atoms with Crippen molar-refractivity contribution in [2.24, 2.45) is 29.4 Å². The summed E-state index contributed by atoms with van der Waals surface area (Å²) in [7, 11) is 5.01. The number of carbonyl (C=O) groups excluding carboxylic acids is 4. The molecule has 0 radical (unpaired) electrons. The summed E-state index contributed by atoms with van der Waals surface area (Å²) in [6.45, 7) is 17.7. The molecule has 11 nitrogen and oxygen atoms in total. The fraction of sp³-hybridized carbons (Fsp3) is 0.889. The largest absolute Gasteiger partial charge is 0.379 e. The van der Waals surface area contributed by atoms with E-state index in [4.69, 9.17) is 15.2 Å². The first kappa shape index (κ1) is 42.8. The molecule has 0 aromatic heterocycles. The molecule has 3 N–H and O–H groups in total. The van der Waals surface area contributed by atoms with Crippen LogP contribution in [0.1, 0.15) is 107 Å². The van der Waals surface area contributed by atoms with Crippen molar-refractivity contribution in [2.75, 3.05) is 47.4 Å². The van der Waals surface area contributed by atoms with Gasteiger partial charge in [-0.2, -0.15) is 0 Å². The molecule has 1 aliphatic heterocycles. The number of carbonyl (C=O) groups is 4. The molecule has 0 spiro atoms. The highest BCUT2D eigenvalue weighted by Gasteiger charge is 2.40. The second-order valence-electron chi connectivity index (χ2n) is 14.1. The van der Waals surface area contributed by atoms with Crippen LogP contribution in [0.4, 0.5) is 0 Å². The van der Waals surface area contributed by atoms with Crippen molar-refractivity contribution in [1.82, 2.24) is 20.0 Å². The maximum absolute atomic E-state index is 13.7. The molecule has 7 unspecified atom stereocenters. The zero-order valence-corrected chi connectivity index (χ0v) is 31.5. The van der Waals surface area contributed by atoms with E-state index in [0.29, 0.717) is 26.1 Å². The predicted octanol–water partition coefficient (Wildman–Crippen LogP) is 4.07. The van der Waals surface area contributed by atoms with E-state index in [0.717, 1.165) is 38.5 Å². The normalized spacial score (nSPS) is 18.9. The second kappa shape index (κ2) is 21.7. The number of unbranched alkanes of at least 4 members (excludes halogenated alkanes) is 2. The molecule has 1 aliphatic rings. The molecule has 4 amide bonds. The Balaban J connectivity index is 3.11. The molecule has 274 valence electrons. The standard InChI is InChI=1S/C36H69N5O6/c1-12-26(7)33(29(46-10)22-31(43)41-21-17-18-28(41)35(47-11)25(5)6)39(9)32(44)23-38-36(45)34(27(8)24(3)4)40(13-2)30(42)19-15-14-16-20-37/h24-29,33-35H,12-23,37H2,1-11H3,(H,38,45). The van der Waals surface area contributed by atoms with Crippen LogP contribution in [0.3, 0.4) is 0 Å². The number of amides is 4. The lowest BCUT2D eigenvalue weighted by Crippen LogP contribution is -2.56. The summed E-state index contributed by atoms with van der Waals surface area (Å²) < 4.78 is 11.7. The van der Waals surface area contributed by atoms with E-state index in [1.54, 1.807) is 31.1 Å². The summed E-state index contributed by atoms with van der Waals surface area (Å²) in [6, 6.07) is -1.05. The number of likely N-dealkylation sites (tertiary alicyclic amines) is 1. The van der Waals surface area contributed by atoms with E-state index in [2.05, 4.69) is 33.0 Å². The maximum Gasteiger partial charge on any atom is 0.243 e. The third-order valence-electron chi connectivity index (χ3n) is 10.4. The predicted molar refractivity (Wildman–Crippen MR) is 188 cm³/mol. The molecule has 0 bridgehead atoms. The molecule has 7 atom stereocenters. The fourth-order valence-electron chi connectivity index (χ4n) is 7.05. The van der Waals surface area contributed by atoms with Gasteiger partial charge in [0.25, 0.3) is 0 Å². The summed E-state index contributed by atoms with van der Waals surface area (Å²) in [5.74, 6) is -0.322. The Morgan fingerprint density at radius 3 is 2.11 bits per heavy atom. The van der Waals surface area contributed by atoms with Gasteiger partial charge in [0.1, 0.15) is 6.04 Å². The van der Waals surface area contributed by atoms with Gasteiger partial charge in [-0.05, 0) is 62.8 Å². The Kier molecular flexibility index (Phi) is 19.7. The van der Waals surface area contributed by atoms with E-state index < -0.39 is 12.1 Å². The van der Waals surface area contributed by atoms with Gasteiger partial charge in [0, 0.05) is 40.8 Å². The van der Waals surface area contributed by atoms with E-state index >= 15 is 0 Å². The Morgan fingerprint density at radius 1 is 0.936 bits per heavy atom. The first-order valence-electron chi connectivity index (χ1n) is 18.1. The zero-order valence-electron chi connectivity index (χ0n) is 31.5. The topological polar surface area (TPSA) is 135 Å². The van der Waals surface area contributed by atoms with Crippen molar-refractivity contribution in [3.8, 4) is 0 Å².